The van der Waals surface area contributed by atoms with Gasteiger partial charge < -0.3 is 0 Å². The standard InChI is InChI=1S/C15H23FN2/c1-10-7-11(2)15(13(16)8-10)14(18-17)9-12-5-3-4-6-12/h7-8,12,14,18H,3-6,9,17H2,1-2H3. The van der Waals surface area contributed by atoms with E-state index in [9.17, 15) is 4.39 Å². The third kappa shape index (κ3) is 2.90. The van der Waals surface area contributed by atoms with Crippen LogP contribution in [0.2, 0.25) is 0 Å². The molecule has 1 aromatic rings. The van der Waals surface area contributed by atoms with Crippen LogP contribution in [-0.4, -0.2) is 0 Å². The molecule has 3 N–H and O–H groups in total. The molecular weight excluding hydrogens is 227 g/mol. The molecule has 2 nitrogen and oxygen atoms in total. The smallest absolute Gasteiger partial charge is 0.128 e. The average molecular weight is 250 g/mol. The molecule has 1 saturated carbocycles. The van der Waals surface area contributed by atoms with Crippen molar-refractivity contribution in [1.29, 1.82) is 0 Å². The van der Waals surface area contributed by atoms with Crippen LogP contribution in [0, 0.1) is 25.6 Å². The quantitative estimate of drug-likeness (QED) is 0.633. The van der Waals surface area contributed by atoms with Crippen LogP contribution < -0.4 is 11.3 Å². The van der Waals surface area contributed by atoms with Gasteiger partial charge in [0.25, 0.3) is 0 Å². The monoisotopic (exact) mass is 250 g/mol. The van der Waals surface area contributed by atoms with Crippen molar-refractivity contribution in [2.75, 3.05) is 0 Å². The van der Waals surface area contributed by atoms with E-state index in [1.54, 1.807) is 6.07 Å². The Balaban J connectivity index is 2.21. The number of hydrazine groups is 1. The normalized spacial score (nSPS) is 18.2. The summed E-state index contributed by atoms with van der Waals surface area (Å²) >= 11 is 0. The van der Waals surface area contributed by atoms with E-state index in [1.807, 2.05) is 19.9 Å². The molecule has 0 saturated heterocycles. The highest BCUT2D eigenvalue weighted by Gasteiger charge is 2.23. The summed E-state index contributed by atoms with van der Waals surface area (Å²) in [6.07, 6.45) is 6.06. The van der Waals surface area contributed by atoms with Gasteiger partial charge in [0.15, 0.2) is 0 Å². The minimum absolute atomic E-state index is 0.0614. The topological polar surface area (TPSA) is 38.0 Å². The van der Waals surface area contributed by atoms with Crippen molar-refractivity contribution in [2.45, 2.75) is 52.0 Å². The Morgan fingerprint density at radius 3 is 2.56 bits per heavy atom. The Morgan fingerprint density at radius 2 is 2.00 bits per heavy atom. The maximum atomic E-state index is 14.1. The van der Waals surface area contributed by atoms with Crippen LogP contribution >= 0.6 is 0 Å². The molecular formula is C15H23FN2. The number of nitrogens with one attached hydrogen (secondary N) is 1. The van der Waals surface area contributed by atoms with E-state index in [4.69, 9.17) is 5.84 Å². The third-order valence-electron chi connectivity index (χ3n) is 4.07. The number of aryl methyl sites for hydroxylation is 2. The van der Waals surface area contributed by atoms with Crippen molar-refractivity contribution >= 4 is 0 Å². The van der Waals surface area contributed by atoms with Crippen LogP contribution in [0.15, 0.2) is 12.1 Å². The number of benzene rings is 1. The van der Waals surface area contributed by atoms with Gasteiger partial charge in [-0.15, -0.1) is 0 Å². The molecule has 1 aromatic carbocycles. The van der Waals surface area contributed by atoms with Gasteiger partial charge in [-0.25, -0.2) is 4.39 Å². The fourth-order valence-corrected chi connectivity index (χ4v) is 3.22. The predicted octanol–water partition coefficient (Wildman–Crippen LogP) is 3.53. The van der Waals surface area contributed by atoms with Crippen molar-refractivity contribution in [3.63, 3.8) is 0 Å². The first-order valence-electron chi connectivity index (χ1n) is 6.84. The minimum Gasteiger partial charge on any atom is -0.271 e. The minimum atomic E-state index is -0.131. The molecule has 0 spiro atoms. The maximum absolute atomic E-state index is 14.1. The second-order valence-corrected chi connectivity index (χ2v) is 5.58. The van der Waals surface area contributed by atoms with Crippen molar-refractivity contribution in [1.82, 2.24) is 5.43 Å². The van der Waals surface area contributed by atoms with Crippen molar-refractivity contribution in [2.24, 2.45) is 11.8 Å². The Kier molecular flexibility index (Phi) is 4.36. The van der Waals surface area contributed by atoms with Crippen molar-refractivity contribution in [3.05, 3.63) is 34.6 Å². The predicted molar refractivity (Wildman–Crippen MR) is 72.5 cm³/mol. The highest BCUT2D eigenvalue weighted by atomic mass is 19.1. The molecule has 1 unspecified atom stereocenters. The molecule has 0 radical (unpaired) electrons. The van der Waals surface area contributed by atoms with E-state index in [0.717, 1.165) is 23.1 Å². The number of halogens is 1. The summed E-state index contributed by atoms with van der Waals surface area (Å²) in [6, 6.07) is 3.56. The van der Waals surface area contributed by atoms with Crippen LogP contribution in [-0.2, 0) is 0 Å². The summed E-state index contributed by atoms with van der Waals surface area (Å²) in [5, 5.41) is 0. The van der Waals surface area contributed by atoms with Gasteiger partial charge in [0, 0.05) is 11.6 Å². The Bertz CT molecular complexity index is 388. The summed E-state index contributed by atoms with van der Waals surface area (Å²) in [4.78, 5) is 0. The molecule has 2 rings (SSSR count). The van der Waals surface area contributed by atoms with Gasteiger partial charge in [-0.2, -0.15) is 0 Å². The second kappa shape index (κ2) is 5.81. The average Bonchev–Trinajstić information content (AvgIpc) is 2.79. The zero-order valence-corrected chi connectivity index (χ0v) is 11.3. The molecule has 0 bridgehead atoms. The van der Waals surface area contributed by atoms with Gasteiger partial charge >= 0.3 is 0 Å². The molecule has 0 heterocycles. The summed E-state index contributed by atoms with van der Waals surface area (Å²) in [7, 11) is 0. The first kappa shape index (κ1) is 13.5. The highest BCUT2D eigenvalue weighted by molar-refractivity contribution is 5.34. The Hall–Kier alpha value is -0.930. The van der Waals surface area contributed by atoms with Crippen LogP contribution in [0.1, 0.15) is 54.8 Å². The zero-order chi connectivity index (χ0) is 13.1. The van der Waals surface area contributed by atoms with E-state index in [1.165, 1.54) is 25.7 Å². The molecule has 1 atom stereocenters. The van der Waals surface area contributed by atoms with Gasteiger partial charge in [0.2, 0.25) is 0 Å². The summed E-state index contributed by atoms with van der Waals surface area (Å²) in [6.45, 7) is 3.88. The fourth-order valence-electron chi connectivity index (χ4n) is 3.22. The van der Waals surface area contributed by atoms with E-state index < -0.39 is 0 Å². The van der Waals surface area contributed by atoms with Gasteiger partial charge in [-0.1, -0.05) is 31.7 Å². The number of hydrogen-bond acceptors (Lipinski definition) is 2. The lowest BCUT2D eigenvalue weighted by Crippen LogP contribution is -2.30. The van der Waals surface area contributed by atoms with E-state index in [0.29, 0.717) is 5.92 Å². The SMILES string of the molecule is Cc1cc(C)c(C(CC2CCCC2)NN)c(F)c1. The molecule has 0 aliphatic heterocycles. The first-order valence-corrected chi connectivity index (χ1v) is 6.84. The van der Waals surface area contributed by atoms with Crippen molar-refractivity contribution in [3.8, 4) is 0 Å². The lowest BCUT2D eigenvalue weighted by atomic mass is 9.90. The van der Waals surface area contributed by atoms with E-state index in [-0.39, 0.29) is 11.9 Å². The highest BCUT2D eigenvalue weighted by Crippen LogP contribution is 2.34. The van der Waals surface area contributed by atoms with Crippen LogP contribution in [0.25, 0.3) is 0 Å². The molecule has 18 heavy (non-hydrogen) atoms. The zero-order valence-electron chi connectivity index (χ0n) is 11.3. The number of nitrogens with two attached hydrogens (primary N) is 1. The lowest BCUT2D eigenvalue weighted by molar-refractivity contribution is 0.389. The van der Waals surface area contributed by atoms with E-state index >= 15 is 0 Å². The van der Waals surface area contributed by atoms with E-state index in [2.05, 4.69) is 5.43 Å². The Labute approximate surface area is 109 Å². The van der Waals surface area contributed by atoms with Crippen LogP contribution in [0.3, 0.4) is 0 Å². The van der Waals surface area contributed by atoms with Gasteiger partial charge in [0.1, 0.15) is 5.82 Å². The summed E-state index contributed by atoms with van der Waals surface area (Å²) in [5.74, 6) is 6.20. The molecule has 1 fully saturated rings. The molecule has 100 valence electrons. The molecule has 0 amide bonds. The van der Waals surface area contributed by atoms with Crippen molar-refractivity contribution < 1.29 is 4.39 Å². The molecule has 1 aliphatic carbocycles. The number of rotatable bonds is 4. The number of hydrogen-bond donors (Lipinski definition) is 2. The largest absolute Gasteiger partial charge is 0.271 e. The van der Waals surface area contributed by atoms with Gasteiger partial charge in [0.05, 0.1) is 0 Å². The fraction of sp³-hybridized carbons (Fsp3) is 0.600. The first-order chi connectivity index (χ1) is 8.61. The van der Waals surface area contributed by atoms with Crippen LogP contribution in [0.4, 0.5) is 4.39 Å². The third-order valence-corrected chi connectivity index (χ3v) is 4.07. The van der Waals surface area contributed by atoms with Gasteiger partial charge in [-0.3, -0.25) is 11.3 Å². The molecule has 3 heteroatoms. The maximum Gasteiger partial charge on any atom is 0.128 e. The van der Waals surface area contributed by atoms with Gasteiger partial charge in [-0.05, 0) is 43.4 Å². The second-order valence-electron chi connectivity index (χ2n) is 5.58. The Morgan fingerprint density at radius 1 is 1.33 bits per heavy atom. The van der Waals surface area contributed by atoms with Crippen LogP contribution in [0.5, 0.6) is 0 Å². The molecule has 0 aromatic heterocycles. The lowest BCUT2D eigenvalue weighted by Gasteiger charge is -2.22. The summed E-state index contributed by atoms with van der Waals surface area (Å²) in [5.41, 5.74) is 5.51. The molecule has 1 aliphatic rings. The summed E-state index contributed by atoms with van der Waals surface area (Å²) < 4.78 is 14.1.